The van der Waals surface area contributed by atoms with Gasteiger partial charge in [-0.05, 0) is 43.5 Å². The van der Waals surface area contributed by atoms with Gasteiger partial charge in [-0.15, -0.1) is 0 Å². The maximum atomic E-state index is 12.7. The number of hydrogen-bond donors (Lipinski definition) is 3. The highest BCUT2D eigenvalue weighted by atomic mass is 32.2. The summed E-state index contributed by atoms with van der Waals surface area (Å²) < 4.78 is 44.0. The molecule has 0 radical (unpaired) electrons. The minimum absolute atomic E-state index is 0.0656. The maximum Gasteiger partial charge on any atom is 0.241 e. The van der Waals surface area contributed by atoms with Crippen LogP contribution in [-0.4, -0.2) is 51.5 Å². The molecule has 0 fully saturated rings. The first kappa shape index (κ1) is 24.8. The molecule has 180 valence electrons. The van der Waals surface area contributed by atoms with Crippen LogP contribution in [0, 0.1) is 12.8 Å². The Bertz CT molecular complexity index is 1050. The maximum absolute atomic E-state index is 12.7. The number of rotatable bonds is 11. The van der Waals surface area contributed by atoms with E-state index in [-0.39, 0.29) is 30.8 Å². The summed E-state index contributed by atoms with van der Waals surface area (Å²) in [5.41, 5.74) is 0.933. The molecule has 9 nitrogen and oxygen atoms in total. The van der Waals surface area contributed by atoms with Gasteiger partial charge in [0.15, 0.2) is 11.5 Å². The van der Waals surface area contributed by atoms with Gasteiger partial charge in [0, 0.05) is 12.6 Å². The number of carbonyl (C=O) groups is 1. The van der Waals surface area contributed by atoms with E-state index in [1.807, 2.05) is 20.8 Å². The number of fused-ring (bicyclic) bond motifs is 1. The molecule has 0 saturated heterocycles. The highest BCUT2D eigenvalue weighted by molar-refractivity contribution is 7.89. The standard InChI is InChI=1S/C23H30N2O7S/c1-15(2)10-20(25-33(28,29)19-7-4-16(3)5-8-19)23(27)24-12-17(26)13-30-18-6-9-21-22(11-18)32-14-31-21/h4-9,11,15,17,20,25-26H,10,12-14H2,1-3H3,(H,24,27). The number of carbonyl (C=O) groups excluding carboxylic acids is 1. The van der Waals surface area contributed by atoms with Crippen molar-refractivity contribution in [3.05, 3.63) is 48.0 Å². The highest BCUT2D eigenvalue weighted by Crippen LogP contribution is 2.35. The summed E-state index contributed by atoms with van der Waals surface area (Å²) in [4.78, 5) is 12.8. The van der Waals surface area contributed by atoms with E-state index >= 15 is 0 Å². The lowest BCUT2D eigenvalue weighted by Crippen LogP contribution is -2.49. The van der Waals surface area contributed by atoms with Crippen molar-refractivity contribution in [2.24, 2.45) is 5.92 Å². The molecule has 0 spiro atoms. The Labute approximate surface area is 194 Å². The number of aryl methyl sites for hydroxylation is 1. The number of amides is 1. The number of aliphatic hydroxyl groups excluding tert-OH is 1. The summed E-state index contributed by atoms with van der Waals surface area (Å²) in [5.74, 6) is 1.24. The van der Waals surface area contributed by atoms with Crippen LogP contribution in [0.2, 0.25) is 0 Å². The Hall–Kier alpha value is -2.82. The molecule has 1 aliphatic heterocycles. The van der Waals surface area contributed by atoms with Crippen LogP contribution in [0.4, 0.5) is 0 Å². The predicted octanol–water partition coefficient (Wildman–Crippen LogP) is 1.97. The zero-order valence-corrected chi connectivity index (χ0v) is 19.7. The van der Waals surface area contributed by atoms with Crippen molar-refractivity contribution >= 4 is 15.9 Å². The Morgan fingerprint density at radius 1 is 1.12 bits per heavy atom. The fourth-order valence-corrected chi connectivity index (χ4v) is 4.42. The molecule has 1 amide bonds. The molecule has 1 heterocycles. The molecule has 33 heavy (non-hydrogen) atoms. The molecule has 2 unspecified atom stereocenters. The van der Waals surface area contributed by atoms with Gasteiger partial charge in [0.25, 0.3) is 0 Å². The van der Waals surface area contributed by atoms with E-state index in [0.29, 0.717) is 23.7 Å². The third kappa shape index (κ3) is 7.08. The van der Waals surface area contributed by atoms with E-state index in [9.17, 15) is 18.3 Å². The van der Waals surface area contributed by atoms with Crippen molar-refractivity contribution in [1.82, 2.24) is 10.0 Å². The summed E-state index contributed by atoms with van der Waals surface area (Å²) in [6.45, 7) is 5.65. The third-order valence-corrected chi connectivity index (χ3v) is 6.44. The average molecular weight is 479 g/mol. The average Bonchev–Trinajstić information content (AvgIpc) is 3.23. The number of hydrogen-bond acceptors (Lipinski definition) is 7. The van der Waals surface area contributed by atoms with Gasteiger partial charge in [0.1, 0.15) is 24.5 Å². The van der Waals surface area contributed by atoms with Crippen LogP contribution in [0.5, 0.6) is 17.2 Å². The second-order valence-corrected chi connectivity index (χ2v) is 10.1. The normalized spacial score (nSPS) is 14.7. The molecule has 1 aliphatic rings. The van der Waals surface area contributed by atoms with Crippen molar-refractivity contribution in [2.75, 3.05) is 19.9 Å². The molecular weight excluding hydrogens is 448 g/mol. The summed E-state index contributed by atoms with van der Waals surface area (Å²) in [6.07, 6.45) is -0.687. The van der Waals surface area contributed by atoms with E-state index < -0.39 is 28.1 Å². The molecule has 2 atom stereocenters. The number of sulfonamides is 1. The molecule has 3 rings (SSSR count). The fraction of sp³-hybridized carbons (Fsp3) is 0.435. The Balaban J connectivity index is 1.54. The first-order valence-corrected chi connectivity index (χ1v) is 12.2. The molecule has 0 aliphatic carbocycles. The number of aliphatic hydroxyl groups is 1. The molecule has 3 N–H and O–H groups in total. The van der Waals surface area contributed by atoms with Crippen molar-refractivity contribution in [1.29, 1.82) is 0 Å². The highest BCUT2D eigenvalue weighted by Gasteiger charge is 2.27. The lowest BCUT2D eigenvalue weighted by molar-refractivity contribution is -0.123. The quantitative estimate of drug-likeness (QED) is 0.451. The van der Waals surface area contributed by atoms with E-state index in [0.717, 1.165) is 5.56 Å². The van der Waals surface area contributed by atoms with Gasteiger partial charge in [-0.2, -0.15) is 4.72 Å². The number of nitrogens with one attached hydrogen (secondary N) is 2. The minimum Gasteiger partial charge on any atom is -0.491 e. The predicted molar refractivity (Wildman–Crippen MR) is 122 cm³/mol. The zero-order chi connectivity index (χ0) is 24.0. The summed E-state index contributed by atoms with van der Waals surface area (Å²) in [5, 5.41) is 12.8. The van der Waals surface area contributed by atoms with Crippen molar-refractivity contribution in [3.8, 4) is 17.2 Å². The zero-order valence-electron chi connectivity index (χ0n) is 18.9. The lowest BCUT2D eigenvalue weighted by Gasteiger charge is -2.21. The van der Waals surface area contributed by atoms with Gasteiger partial charge in [-0.3, -0.25) is 4.79 Å². The molecule has 2 aromatic carbocycles. The molecule has 0 aromatic heterocycles. The van der Waals surface area contributed by atoms with E-state index in [1.165, 1.54) is 12.1 Å². The van der Waals surface area contributed by atoms with Crippen LogP contribution >= 0.6 is 0 Å². The van der Waals surface area contributed by atoms with Crippen LogP contribution in [0.1, 0.15) is 25.8 Å². The summed E-state index contributed by atoms with van der Waals surface area (Å²) in [6, 6.07) is 10.5. The van der Waals surface area contributed by atoms with E-state index in [2.05, 4.69) is 10.0 Å². The number of ether oxygens (including phenoxy) is 3. The molecular formula is C23H30N2O7S. The van der Waals surface area contributed by atoms with Crippen LogP contribution in [-0.2, 0) is 14.8 Å². The van der Waals surface area contributed by atoms with Crippen molar-refractivity contribution in [3.63, 3.8) is 0 Å². The van der Waals surface area contributed by atoms with E-state index in [1.54, 1.807) is 30.3 Å². The topological polar surface area (TPSA) is 123 Å². The first-order chi connectivity index (χ1) is 15.6. The van der Waals surface area contributed by atoms with Gasteiger partial charge in [-0.1, -0.05) is 31.5 Å². The van der Waals surface area contributed by atoms with Gasteiger partial charge >= 0.3 is 0 Å². The molecule has 0 saturated carbocycles. The number of benzene rings is 2. The minimum atomic E-state index is -3.88. The largest absolute Gasteiger partial charge is 0.491 e. The van der Waals surface area contributed by atoms with Crippen LogP contribution in [0.25, 0.3) is 0 Å². The Kier molecular flexibility index (Phi) is 8.17. The molecule has 2 aromatic rings. The molecule has 10 heteroatoms. The SMILES string of the molecule is Cc1ccc(S(=O)(=O)NC(CC(C)C)C(=O)NCC(O)COc2ccc3c(c2)OCO3)cc1. The van der Waals surface area contributed by atoms with Gasteiger partial charge < -0.3 is 24.6 Å². The van der Waals surface area contributed by atoms with Crippen molar-refractivity contribution in [2.45, 2.75) is 44.2 Å². The lowest BCUT2D eigenvalue weighted by atomic mass is 10.0. The second-order valence-electron chi connectivity index (χ2n) is 8.34. The Morgan fingerprint density at radius 3 is 2.52 bits per heavy atom. The van der Waals surface area contributed by atoms with Crippen molar-refractivity contribution < 1.29 is 32.5 Å². The smallest absolute Gasteiger partial charge is 0.241 e. The van der Waals surface area contributed by atoms with Gasteiger partial charge in [-0.25, -0.2) is 8.42 Å². The summed E-state index contributed by atoms with van der Waals surface area (Å²) in [7, 11) is -3.88. The monoisotopic (exact) mass is 478 g/mol. The summed E-state index contributed by atoms with van der Waals surface area (Å²) >= 11 is 0. The second kappa shape index (κ2) is 10.9. The van der Waals surface area contributed by atoms with Crippen LogP contribution in [0.3, 0.4) is 0 Å². The van der Waals surface area contributed by atoms with E-state index in [4.69, 9.17) is 14.2 Å². The third-order valence-electron chi connectivity index (χ3n) is 4.95. The molecule has 0 bridgehead atoms. The van der Waals surface area contributed by atoms with Gasteiger partial charge in [0.05, 0.1) is 4.90 Å². The first-order valence-electron chi connectivity index (χ1n) is 10.7. The Morgan fingerprint density at radius 2 is 1.82 bits per heavy atom. The van der Waals surface area contributed by atoms with Crippen LogP contribution in [0.15, 0.2) is 47.4 Å². The van der Waals surface area contributed by atoms with Crippen LogP contribution < -0.4 is 24.2 Å². The fourth-order valence-electron chi connectivity index (χ4n) is 3.21. The van der Waals surface area contributed by atoms with Gasteiger partial charge in [0.2, 0.25) is 22.7 Å².